The number of halogens is 2. The Hall–Kier alpha value is -2.08. The summed E-state index contributed by atoms with van der Waals surface area (Å²) < 4.78 is 5.49. The fraction of sp³-hybridized carbons (Fsp3) is 0.263. The Labute approximate surface area is 161 Å². The Bertz CT molecular complexity index is 820. The summed E-state index contributed by atoms with van der Waals surface area (Å²) in [5.74, 6) is -0.579. The molecule has 1 fully saturated rings. The van der Waals surface area contributed by atoms with E-state index in [1.54, 1.807) is 36.4 Å². The number of amides is 2. The Kier molecular flexibility index (Phi) is 6.14. The molecule has 0 spiro atoms. The Morgan fingerprint density at radius 3 is 2.69 bits per heavy atom. The number of nitrogens with one attached hydrogen (secondary N) is 2. The molecular formula is C19H18Cl2N2O3. The van der Waals surface area contributed by atoms with E-state index < -0.39 is 0 Å². The second kappa shape index (κ2) is 8.54. The van der Waals surface area contributed by atoms with Crippen molar-refractivity contribution in [2.24, 2.45) is 0 Å². The zero-order valence-electron chi connectivity index (χ0n) is 13.9. The summed E-state index contributed by atoms with van der Waals surface area (Å²) in [6.45, 7) is 1.23. The van der Waals surface area contributed by atoms with Crippen molar-refractivity contribution in [1.82, 2.24) is 5.32 Å². The minimum absolute atomic E-state index is 0.0777. The van der Waals surface area contributed by atoms with Gasteiger partial charge in [-0.3, -0.25) is 9.59 Å². The van der Waals surface area contributed by atoms with Gasteiger partial charge < -0.3 is 15.4 Å². The van der Waals surface area contributed by atoms with E-state index in [1.165, 1.54) is 6.07 Å². The number of anilines is 1. The number of hydrogen-bond acceptors (Lipinski definition) is 3. The summed E-state index contributed by atoms with van der Waals surface area (Å²) in [5.41, 5.74) is 1.28. The van der Waals surface area contributed by atoms with Crippen LogP contribution < -0.4 is 10.6 Å². The maximum Gasteiger partial charge on any atom is 0.257 e. The molecule has 136 valence electrons. The summed E-state index contributed by atoms with van der Waals surface area (Å²) in [7, 11) is 0. The zero-order valence-corrected chi connectivity index (χ0v) is 15.4. The van der Waals surface area contributed by atoms with E-state index in [9.17, 15) is 9.59 Å². The molecule has 2 N–H and O–H groups in total. The van der Waals surface area contributed by atoms with Crippen LogP contribution in [0.2, 0.25) is 10.0 Å². The molecule has 0 radical (unpaired) electrons. The largest absolute Gasteiger partial charge is 0.376 e. The predicted octanol–water partition coefficient (Wildman–Crippen LogP) is 4.15. The monoisotopic (exact) mass is 392 g/mol. The molecular weight excluding hydrogens is 375 g/mol. The molecule has 1 heterocycles. The van der Waals surface area contributed by atoms with Crippen LogP contribution in [0.15, 0.2) is 42.5 Å². The van der Waals surface area contributed by atoms with E-state index in [2.05, 4.69) is 10.6 Å². The molecule has 26 heavy (non-hydrogen) atoms. The van der Waals surface area contributed by atoms with Crippen LogP contribution in [0.3, 0.4) is 0 Å². The molecule has 7 heteroatoms. The lowest BCUT2D eigenvalue weighted by atomic mass is 10.1. The summed E-state index contributed by atoms with van der Waals surface area (Å²) in [5, 5.41) is 6.32. The average Bonchev–Trinajstić information content (AvgIpc) is 3.13. The van der Waals surface area contributed by atoms with E-state index in [0.717, 1.165) is 19.4 Å². The van der Waals surface area contributed by atoms with Crippen molar-refractivity contribution >= 4 is 40.7 Å². The third-order valence-corrected chi connectivity index (χ3v) is 4.62. The highest BCUT2D eigenvalue weighted by Gasteiger charge is 2.17. The molecule has 1 saturated heterocycles. The zero-order chi connectivity index (χ0) is 18.5. The van der Waals surface area contributed by atoms with Gasteiger partial charge >= 0.3 is 0 Å². The maximum absolute atomic E-state index is 12.4. The molecule has 5 nitrogen and oxygen atoms in total. The van der Waals surface area contributed by atoms with E-state index in [4.69, 9.17) is 27.9 Å². The van der Waals surface area contributed by atoms with Gasteiger partial charge in [-0.05, 0) is 49.2 Å². The molecule has 2 aromatic rings. The number of benzene rings is 2. The first-order valence-electron chi connectivity index (χ1n) is 8.29. The van der Waals surface area contributed by atoms with Crippen LogP contribution in [0.4, 0.5) is 5.69 Å². The highest BCUT2D eigenvalue weighted by atomic mass is 35.5. The lowest BCUT2D eigenvalue weighted by Gasteiger charge is -2.12. The Balaban J connectivity index is 1.64. The van der Waals surface area contributed by atoms with Crippen molar-refractivity contribution in [3.63, 3.8) is 0 Å². The highest BCUT2D eigenvalue weighted by molar-refractivity contribution is 6.37. The van der Waals surface area contributed by atoms with Gasteiger partial charge in [0.1, 0.15) is 0 Å². The average molecular weight is 393 g/mol. The standard InChI is InChI=1S/C19H18Cl2N2O3/c20-13-6-7-16(17(21)10-13)19(25)23-14-4-1-3-12(9-14)18(24)22-11-15-5-2-8-26-15/h1,3-4,6-7,9-10,15H,2,5,8,11H2,(H,22,24)(H,23,25). The van der Waals surface area contributed by atoms with E-state index in [1.807, 2.05) is 0 Å². The molecule has 0 aliphatic carbocycles. The molecule has 0 saturated carbocycles. The molecule has 2 aromatic carbocycles. The van der Waals surface area contributed by atoms with Crippen molar-refractivity contribution in [1.29, 1.82) is 0 Å². The Morgan fingerprint density at radius 1 is 1.12 bits per heavy atom. The number of carbonyl (C=O) groups is 2. The van der Waals surface area contributed by atoms with Crippen molar-refractivity contribution in [3.8, 4) is 0 Å². The fourth-order valence-corrected chi connectivity index (χ4v) is 3.22. The van der Waals surface area contributed by atoms with Gasteiger partial charge in [0.2, 0.25) is 0 Å². The predicted molar refractivity (Wildman–Crippen MR) is 102 cm³/mol. The van der Waals surface area contributed by atoms with Crippen LogP contribution in [0.5, 0.6) is 0 Å². The van der Waals surface area contributed by atoms with Crippen LogP contribution in [-0.4, -0.2) is 31.1 Å². The maximum atomic E-state index is 12.4. The Morgan fingerprint density at radius 2 is 1.96 bits per heavy atom. The minimum atomic E-state index is -0.372. The smallest absolute Gasteiger partial charge is 0.257 e. The van der Waals surface area contributed by atoms with Gasteiger partial charge in [0.25, 0.3) is 11.8 Å². The second-order valence-electron chi connectivity index (χ2n) is 6.00. The third kappa shape index (κ3) is 4.75. The van der Waals surface area contributed by atoms with Gasteiger partial charge in [0.15, 0.2) is 0 Å². The van der Waals surface area contributed by atoms with Gasteiger partial charge in [-0.15, -0.1) is 0 Å². The van der Waals surface area contributed by atoms with Crippen molar-refractivity contribution in [2.75, 3.05) is 18.5 Å². The molecule has 3 rings (SSSR count). The van der Waals surface area contributed by atoms with Crippen LogP contribution in [0.25, 0.3) is 0 Å². The van der Waals surface area contributed by atoms with E-state index >= 15 is 0 Å². The molecule has 1 atom stereocenters. The first-order valence-corrected chi connectivity index (χ1v) is 9.05. The lowest BCUT2D eigenvalue weighted by molar-refractivity contribution is 0.0857. The van der Waals surface area contributed by atoms with Gasteiger partial charge in [0, 0.05) is 29.4 Å². The fourth-order valence-electron chi connectivity index (χ4n) is 2.72. The van der Waals surface area contributed by atoms with Crippen molar-refractivity contribution in [2.45, 2.75) is 18.9 Å². The van der Waals surface area contributed by atoms with E-state index in [0.29, 0.717) is 28.4 Å². The normalized spacial score (nSPS) is 16.3. The second-order valence-corrected chi connectivity index (χ2v) is 6.85. The summed E-state index contributed by atoms with van der Waals surface area (Å²) in [6.07, 6.45) is 2.06. The molecule has 1 unspecified atom stereocenters. The number of ether oxygens (including phenoxy) is 1. The van der Waals surface area contributed by atoms with Gasteiger partial charge in [-0.1, -0.05) is 29.3 Å². The number of carbonyl (C=O) groups excluding carboxylic acids is 2. The highest BCUT2D eigenvalue weighted by Crippen LogP contribution is 2.22. The molecule has 1 aliphatic rings. The topological polar surface area (TPSA) is 67.4 Å². The third-order valence-electron chi connectivity index (χ3n) is 4.07. The summed E-state index contributed by atoms with van der Waals surface area (Å²) in [6, 6.07) is 11.4. The molecule has 0 bridgehead atoms. The van der Waals surface area contributed by atoms with E-state index in [-0.39, 0.29) is 22.9 Å². The van der Waals surface area contributed by atoms with Crippen LogP contribution >= 0.6 is 23.2 Å². The SMILES string of the molecule is O=C(NCC1CCCO1)c1cccc(NC(=O)c2ccc(Cl)cc2Cl)c1. The molecule has 0 aromatic heterocycles. The lowest BCUT2D eigenvalue weighted by Crippen LogP contribution is -2.31. The van der Waals surface area contributed by atoms with Gasteiger partial charge in [0.05, 0.1) is 16.7 Å². The quantitative estimate of drug-likeness (QED) is 0.802. The minimum Gasteiger partial charge on any atom is -0.376 e. The molecule has 2 amide bonds. The number of hydrogen-bond donors (Lipinski definition) is 2. The van der Waals surface area contributed by atoms with Crippen LogP contribution in [-0.2, 0) is 4.74 Å². The number of rotatable bonds is 5. The first kappa shape index (κ1) is 18.7. The van der Waals surface area contributed by atoms with Crippen LogP contribution in [0.1, 0.15) is 33.6 Å². The van der Waals surface area contributed by atoms with Gasteiger partial charge in [-0.25, -0.2) is 0 Å². The van der Waals surface area contributed by atoms with Crippen molar-refractivity contribution in [3.05, 3.63) is 63.6 Å². The van der Waals surface area contributed by atoms with Crippen molar-refractivity contribution < 1.29 is 14.3 Å². The first-order chi connectivity index (χ1) is 12.5. The molecule has 1 aliphatic heterocycles. The van der Waals surface area contributed by atoms with Crippen LogP contribution in [0, 0.1) is 0 Å². The summed E-state index contributed by atoms with van der Waals surface area (Å²) >= 11 is 11.9. The van der Waals surface area contributed by atoms with Gasteiger partial charge in [-0.2, -0.15) is 0 Å². The summed E-state index contributed by atoms with van der Waals surface area (Å²) in [4.78, 5) is 24.7.